The number of nitrogens with one attached hydrogen (secondary N) is 1. The van der Waals surface area contributed by atoms with E-state index in [0.29, 0.717) is 43.0 Å². The molecule has 1 saturated carbocycles. The van der Waals surface area contributed by atoms with Crippen LogP contribution in [0.25, 0.3) is 5.57 Å². The summed E-state index contributed by atoms with van der Waals surface area (Å²) in [5.74, 6) is -6.00. The first-order chi connectivity index (χ1) is 24.8. The van der Waals surface area contributed by atoms with Crippen LogP contribution in [0.4, 0.5) is 17.6 Å². The molecule has 2 bridgehead atoms. The summed E-state index contributed by atoms with van der Waals surface area (Å²) in [6.07, 6.45) is 3.26. The topological polar surface area (TPSA) is 99.2 Å². The predicted octanol–water partition coefficient (Wildman–Crippen LogP) is 6.66. The van der Waals surface area contributed by atoms with Gasteiger partial charge in [-0.15, -0.1) is 0 Å². The lowest BCUT2D eigenvalue weighted by Gasteiger charge is -2.45. The highest BCUT2D eigenvalue weighted by Gasteiger charge is 2.43. The van der Waals surface area contributed by atoms with E-state index in [-0.39, 0.29) is 62.3 Å². The van der Waals surface area contributed by atoms with Crippen molar-refractivity contribution < 1.29 is 41.8 Å². The molecule has 2 heterocycles. The quantitative estimate of drug-likeness (QED) is 0.110. The largest absolute Gasteiger partial charge is 0.488 e. The van der Waals surface area contributed by atoms with Gasteiger partial charge in [0.25, 0.3) is 5.91 Å². The average molecular weight is 722 g/mol. The van der Waals surface area contributed by atoms with E-state index in [2.05, 4.69) is 5.32 Å². The lowest BCUT2D eigenvalue weighted by Crippen LogP contribution is -2.62. The highest BCUT2D eigenvalue weighted by atomic mass is 19.2. The molecule has 0 aromatic heterocycles. The first-order valence-electron chi connectivity index (χ1n) is 17.7. The number of ether oxygens (including phenoxy) is 1. The number of amides is 2. The molecule has 0 unspecified atom stereocenters. The standard InChI is InChI=1S/C40H43F4N3O5/c1-40(2,39(50)51)18-17-34(48)46-22-27-20-29(25-11-9-24(10-12-25)6-5-19-52-37-32(43)16-15-31(42)36(37)44)35(33(23-46)45-27)38(49)47(28-13-14-28)21-26-7-3-4-8-30(26)41/h3-4,7-12,15-16,27-28,33,45H,5-6,13-14,17-23H2,1-2H3,(H,50,51)/t27-,33-/m1/s1. The van der Waals surface area contributed by atoms with Gasteiger partial charge < -0.3 is 25.0 Å². The highest BCUT2D eigenvalue weighted by Crippen LogP contribution is 2.38. The molecule has 276 valence electrons. The number of aryl methyl sites for hydroxylation is 1. The van der Waals surface area contributed by atoms with Crippen LogP contribution in [0.3, 0.4) is 0 Å². The number of benzene rings is 3. The Bertz CT molecular complexity index is 1860. The van der Waals surface area contributed by atoms with Crippen LogP contribution in [0.2, 0.25) is 0 Å². The molecule has 2 amide bonds. The number of carboxylic acids is 1. The molecule has 2 fully saturated rings. The lowest BCUT2D eigenvalue weighted by atomic mass is 9.82. The molecule has 3 aromatic rings. The Kier molecular flexibility index (Phi) is 11.0. The Hall–Kier alpha value is -4.71. The maximum absolute atomic E-state index is 14.8. The minimum Gasteiger partial charge on any atom is -0.488 e. The second-order valence-corrected chi connectivity index (χ2v) is 14.6. The van der Waals surface area contributed by atoms with E-state index in [1.165, 1.54) is 6.07 Å². The number of halogens is 4. The Morgan fingerprint density at radius 1 is 0.942 bits per heavy atom. The van der Waals surface area contributed by atoms with E-state index in [4.69, 9.17) is 4.74 Å². The molecule has 1 aliphatic carbocycles. The first kappa shape index (κ1) is 37.1. The van der Waals surface area contributed by atoms with Crippen molar-refractivity contribution in [2.24, 2.45) is 5.41 Å². The molecular formula is C40H43F4N3O5. The van der Waals surface area contributed by atoms with Crippen LogP contribution < -0.4 is 10.1 Å². The number of carbonyl (C=O) groups is 3. The van der Waals surface area contributed by atoms with Gasteiger partial charge in [-0.05, 0) is 87.3 Å². The third-order valence-electron chi connectivity index (χ3n) is 10.2. The zero-order valence-corrected chi connectivity index (χ0v) is 29.3. The summed E-state index contributed by atoms with van der Waals surface area (Å²) < 4.78 is 61.5. The van der Waals surface area contributed by atoms with Crippen molar-refractivity contribution in [3.63, 3.8) is 0 Å². The van der Waals surface area contributed by atoms with Gasteiger partial charge >= 0.3 is 5.97 Å². The fourth-order valence-electron chi connectivity index (χ4n) is 6.94. The number of fused-ring (bicyclic) bond motifs is 2. The predicted molar refractivity (Wildman–Crippen MR) is 186 cm³/mol. The minimum atomic E-state index is -1.36. The summed E-state index contributed by atoms with van der Waals surface area (Å²) in [6.45, 7) is 3.91. The van der Waals surface area contributed by atoms with Gasteiger partial charge in [-0.25, -0.2) is 13.2 Å². The second kappa shape index (κ2) is 15.5. The van der Waals surface area contributed by atoms with Crippen molar-refractivity contribution >= 4 is 23.4 Å². The summed E-state index contributed by atoms with van der Waals surface area (Å²) in [6, 6.07) is 15.0. The van der Waals surface area contributed by atoms with Gasteiger partial charge in [0.1, 0.15) is 5.82 Å². The molecule has 0 spiro atoms. The maximum Gasteiger partial charge on any atom is 0.309 e. The SMILES string of the molecule is CC(C)(CCC(=O)N1C[C@H]2CC(c3ccc(CCCOc4c(F)ccc(F)c4F)cc3)=C(C(=O)N(Cc3ccccc3F)C3CC3)[C@@H](C1)N2)C(=O)O. The molecule has 2 N–H and O–H groups in total. The van der Waals surface area contributed by atoms with E-state index in [9.17, 15) is 37.1 Å². The smallest absolute Gasteiger partial charge is 0.309 e. The Morgan fingerprint density at radius 3 is 2.35 bits per heavy atom. The lowest BCUT2D eigenvalue weighted by molar-refractivity contribution is -0.148. The molecule has 2 aliphatic heterocycles. The van der Waals surface area contributed by atoms with Crippen LogP contribution in [-0.4, -0.2) is 70.5 Å². The number of nitrogens with zero attached hydrogens (tertiary/aromatic N) is 2. The Morgan fingerprint density at radius 2 is 1.65 bits per heavy atom. The van der Waals surface area contributed by atoms with Crippen LogP contribution in [0.1, 0.15) is 69.1 Å². The summed E-state index contributed by atoms with van der Waals surface area (Å²) >= 11 is 0. The summed E-state index contributed by atoms with van der Waals surface area (Å²) in [4.78, 5) is 43.2. The number of carbonyl (C=O) groups excluding carboxylic acids is 2. The van der Waals surface area contributed by atoms with E-state index < -0.39 is 40.6 Å². The Balaban J connectivity index is 1.23. The molecule has 1 saturated heterocycles. The average Bonchev–Trinajstić information content (AvgIpc) is 3.97. The van der Waals surface area contributed by atoms with Gasteiger partial charge in [0.05, 0.1) is 18.1 Å². The molecule has 8 nitrogen and oxygen atoms in total. The van der Waals surface area contributed by atoms with Crippen molar-refractivity contribution in [1.82, 2.24) is 15.1 Å². The zero-order valence-electron chi connectivity index (χ0n) is 29.3. The molecule has 52 heavy (non-hydrogen) atoms. The molecule has 6 rings (SSSR count). The molecule has 3 aromatic carbocycles. The molecule has 12 heteroatoms. The van der Waals surface area contributed by atoms with Crippen molar-refractivity contribution in [1.29, 1.82) is 0 Å². The van der Waals surface area contributed by atoms with E-state index in [0.717, 1.165) is 35.6 Å². The summed E-state index contributed by atoms with van der Waals surface area (Å²) in [5.41, 5.74) is 2.52. The van der Waals surface area contributed by atoms with Crippen LogP contribution >= 0.6 is 0 Å². The highest BCUT2D eigenvalue weighted by molar-refractivity contribution is 6.03. The van der Waals surface area contributed by atoms with Crippen molar-refractivity contribution in [3.05, 3.63) is 106 Å². The number of piperazine rings is 1. The number of hydrogen-bond acceptors (Lipinski definition) is 5. The number of aliphatic carboxylic acids is 1. The molecule has 2 atom stereocenters. The molecule has 3 aliphatic rings. The zero-order chi connectivity index (χ0) is 37.2. The number of rotatable bonds is 14. The monoisotopic (exact) mass is 721 g/mol. The normalized spacial score (nSPS) is 18.7. The third kappa shape index (κ3) is 8.33. The summed E-state index contributed by atoms with van der Waals surface area (Å²) in [5, 5.41) is 13.1. The molecular weight excluding hydrogens is 678 g/mol. The van der Waals surface area contributed by atoms with Gasteiger partial charge in [-0.3, -0.25) is 14.4 Å². The van der Waals surface area contributed by atoms with Gasteiger partial charge in [0.2, 0.25) is 11.7 Å². The van der Waals surface area contributed by atoms with E-state index >= 15 is 0 Å². The van der Waals surface area contributed by atoms with Crippen LogP contribution in [-0.2, 0) is 27.3 Å². The third-order valence-corrected chi connectivity index (χ3v) is 10.2. The van der Waals surface area contributed by atoms with Crippen LogP contribution in [0.5, 0.6) is 5.75 Å². The number of carboxylic acid groups (broad SMARTS) is 1. The van der Waals surface area contributed by atoms with Crippen molar-refractivity contribution in [2.45, 2.75) is 83.5 Å². The van der Waals surface area contributed by atoms with Crippen LogP contribution in [0, 0.1) is 28.7 Å². The summed E-state index contributed by atoms with van der Waals surface area (Å²) in [7, 11) is 0. The van der Waals surface area contributed by atoms with Crippen molar-refractivity contribution in [2.75, 3.05) is 19.7 Å². The van der Waals surface area contributed by atoms with Crippen LogP contribution in [0.15, 0.2) is 66.2 Å². The Labute approximate surface area is 300 Å². The first-order valence-corrected chi connectivity index (χ1v) is 17.7. The van der Waals surface area contributed by atoms with E-state index in [1.54, 1.807) is 41.8 Å². The fraction of sp³-hybridized carbons (Fsp3) is 0.425. The molecule has 0 radical (unpaired) electrons. The minimum absolute atomic E-state index is 0.0279. The maximum atomic E-state index is 14.8. The fourth-order valence-corrected chi connectivity index (χ4v) is 6.94. The second-order valence-electron chi connectivity index (χ2n) is 14.6. The van der Waals surface area contributed by atoms with Gasteiger partial charge in [-0.1, -0.05) is 42.5 Å². The van der Waals surface area contributed by atoms with Gasteiger partial charge in [0.15, 0.2) is 17.4 Å². The van der Waals surface area contributed by atoms with Crippen molar-refractivity contribution in [3.8, 4) is 5.75 Å². The van der Waals surface area contributed by atoms with Gasteiger partial charge in [0, 0.05) is 49.3 Å². The number of hydrogen-bond donors (Lipinski definition) is 2. The van der Waals surface area contributed by atoms with Gasteiger partial charge in [-0.2, -0.15) is 4.39 Å². The van der Waals surface area contributed by atoms with E-state index in [1.807, 2.05) is 24.3 Å².